The summed E-state index contributed by atoms with van der Waals surface area (Å²) in [6.45, 7) is 0.375. The molecule has 0 bridgehead atoms. The van der Waals surface area contributed by atoms with E-state index in [1.165, 1.54) is 0 Å². The molecular formula is C39H39ClN2O6. The zero-order valence-corrected chi connectivity index (χ0v) is 27.6. The lowest BCUT2D eigenvalue weighted by Gasteiger charge is -2.48. The first kappa shape index (κ1) is 33.2. The predicted octanol–water partition coefficient (Wildman–Crippen LogP) is 6.65. The molecule has 1 aliphatic heterocycles. The molecule has 2 aliphatic rings. The van der Waals surface area contributed by atoms with Gasteiger partial charge in [-0.1, -0.05) is 85.1 Å². The lowest BCUT2D eigenvalue weighted by Crippen LogP contribution is -2.55. The SMILES string of the molecule is COc1ccc(COC(=O)c2ccccc2CCNC(=O)[C@@H]2c3ccccc3C(=O)N([C@H]3CCCC[C@@H]3O)[C@H]2c2ccc(Cl)cc2)cc1. The molecule has 1 fully saturated rings. The van der Waals surface area contributed by atoms with Crippen LogP contribution in [0.15, 0.2) is 97.1 Å². The molecule has 0 spiro atoms. The number of ether oxygens (including phenoxy) is 2. The third-order valence-electron chi connectivity index (χ3n) is 9.38. The number of hydrogen-bond donors (Lipinski definition) is 2. The molecule has 0 saturated heterocycles. The van der Waals surface area contributed by atoms with Crippen molar-refractivity contribution in [3.63, 3.8) is 0 Å². The molecule has 2 amide bonds. The van der Waals surface area contributed by atoms with Crippen molar-refractivity contribution in [3.05, 3.63) is 135 Å². The van der Waals surface area contributed by atoms with Gasteiger partial charge < -0.3 is 24.8 Å². The molecule has 0 radical (unpaired) electrons. The molecule has 0 unspecified atom stereocenters. The summed E-state index contributed by atoms with van der Waals surface area (Å²) in [5.74, 6) is -0.900. The van der Waals surface area contributed by atoms with Crippen LogP contribution in [-0.4, -0.2) is 53.6 Å². The van der Waals surface area contributed by atoms with Crippen molar-refractivity contribution in [2.75, 3.05) is 13.7 Å². The quantitative estimate of drug-likeness (QED) is 0.184. The van der Waals surface area contributed by atoms with Crippen molar-refractivity contribution in [1.82, 2.24) is 10.2 Å². The fraction of sp³-hybridized carbons (Fsp3) is 0.308. The number of rotatable bonds is 10. The van der Waals surface area contributed by atoms with Gasteiger partial charge in [-0.3, -0.25) is 9.59 Å². The summed E-state index contributed by atoms with van der Waals surface area (Å²) in [6.07, 6.45) is 2.74. The molecule has 248 valence electrons. The monoisotopic (exact) mass is 666 g/mol. The number of carbonyl (C=O) groups excluding carboxylic acids is 3. The van der Waals surface area contributed by atoms with Gasteiger partial charge in [0.05, 0.1) is 36.8 Å². The van der Waals surface area contributed by atoms with Gasteiger partial charge in [-0.15, -0.1) is 0 Å². The Morgan fingerprint density at radius 3 is 2.38 bits per heavy atom. The third-order valence-corrected chi connectivity index (χ3v) is 9.63. The van der Waals surface area contributed by atoms with Crippen molar-refractivity contribution in [2.45, 2.75) is 62.8 Å². The highest BCUT2D eigenvalue weighted by Crippen LogP contribution is 2.46. The topological polar surface area (TPSA) is 105 Å². The summed E-state index contributed by atoms with van der Waals surface area (Å²) in [5.41, 5.74) is 3.90. The van der Waals surface area contributed by atoms with Gasteiger partial charge >= 0.3 is 5.97 Å². The van der Waals surface area contributed by atoms with Crippen LogP contribution in [0.5, 0.6) is 5.75 Å². The number of halogens is 1. The van der Waals surface area contributed by atoms with E-state index in [9.17, 15) is 19.5 Å². The van der Waals surface area contributed by atoms with E-state index in [0.717, 1.165) is 35.3 Å². The Morgan fingerprint density at radius 1 is 0.917 bits per heavy atom. The highest BCUT2D eigenvalue weighted by molar-refractivity contribution is 6.30. The number of nitrogens with zero attached hydrogens (tertiary/aromatic N) is 1. The van der Waals surface area contributed by atoms with Gasteiger partial charge in [0.2, 0.25) is 5.91 Å². The average molecular weight is 667 g/mol. The number of amides is 2. The van der Waals surface area contributed by atoms with E-state index >= 15 is 0 Å². The van der Waals surface area contributed by atoms with Crippen LogP contribution in [0.2, 0.25) is 5.02 Å². The minimum absolute atomic E-state index is 0.117. The Labute approximate surface area is 285 Å². The molecule has 4 aromatic carbocycles. The third kappa shape index (κ3) is 7.10. The molecule has 1 aliphatic carbocycles. The van der Waals surface area contributed by atoms with Crippen molar-refractivity contribution < 1.29 is 29.0 Å². The number of fused-ring (bicyclic) bond motifs is 1. The number of hydrogen-bond acceptors (Lipinski definition) is 6. The maximum absolute atomic E-state index is 14.3. The van der Waals surface area contributed by atoms with Gasteiger partial charge in [0.15, 0.2) is 0 Å². The Kier molecular flexibility index (Phi) is 10.4. The van der Waals surface area contributed by atoms with Crippen LogP contribution in [0.3, 0.4) is 0 Å². The smallest absolute Gasteiger partial charge is 0.338 e. The van der Waals surface area contributed by atoms with Crippen LogP contribution >= 0.6 is 11.6 Å². The van der Waals surface area contributed by atoms with Gasteiger partial charge in [-0.2, -0.15) is 0 Å². The second kappa shape index (κ2) is 15.0. The lowest BCUT2D eigenvalue weighted by atomic mass is 9.76. The van der Waals surface area contributed by atoms with E-state index in [-0.39, 0.29) is 25.0 Å². The van der Waals surface area contributed by atoms with Crippen molar-refractivity contribution in [2.24, 2.45) is 0 Å². The number of methoxy groups -OCH3 is 1. The number of benzene rings is 4. The fourth-order valence-corrected chi connectivity index (χ4v) is 7.07. The summed E-state index contributed by atoms with van der Waals surface area (Å²) in [6, 6.07) is 27.9. The Bertz CT molecular complexity index is 1760. The zero-order chi connectivity index (χ0) is 33.6. The summed E-state index contributed by atoms with van der Waals surface area (Å²) in [4.78, 5) is 43.3. The van der Waals surface area contributed by atoms with Crippen LogP contribution in [0.1, 0.15) is 80.6 Å². The van der Waals surface area contributed by atoms with E-state index in [0.29, 0.717) is 41.0 Å². The second-order valence-corrected chi connectivity index (χ2v) is 12.8. The van der Waals surface area contributed by atoms with Crippen molar-refractivity contribution in [1.29, 1.82) is 0 Å². The molecule has 4 aromatic rings. The molecule has 2 N–H and O–H groups in total. The number of nitrogens with one attached hydrogen (secondary N) is 1. The van der Waals surface area contributed by atoms with Gasteiger partial charge in [-0.05, 0) is 77.9 Å². The molecular weight excluding hydrogens is 628 g/mol. The van der Waals surface area contributed by atoms with Gasteiger partial charge in [0, 0.05) is 17.1 Å². The first-order chi connectivity index (χ1) is 23.4. The summed E-state index contributed by atoms with van der Waals surface area (Å²) >= 11 is 6.25. The number of esters is 1. The first-order valence-electron chi connectivity index (χ1n) is 16.4. The minimum Gasteiger partial charge on any atom is -0.497 e. The minimum atomic E-state index is -0.737. The maximum atomic E-state index is 14.3. The number of aliphatic hydroxyl groups excluding tert-OH is 1. The Balaban J connectivity index is 1.23. The largest absolute Gasteiger partial charge is 0.497 e. The second-order valence-electron chi connectivity index (χ2n) is 12.3. The molecule has 0 aromatic heterocycles. The van der Waals surface area contributed by atoms with E-state index in [1.807, 2.05) is 60.7 Å². The summed E-state index contributed by atoms with van der Waals surface area (Å²) in [5, 5.41) is 14.8. The van der Waals surface area contributed by atoms with E-state index in [4.69, 9.17) is 21.1 Å². The van der Waals surface area contributed by atoms with Crippen LogP contribution in [-0.2, 0) is 22.6 Å². The van der Waals surface area contributed by atoms with E-state index in [2.05, 4.69) is 5.32 Å². The van der Waals surface area contributed by atoms with E-state index in [1.54, 1.807) is 48.4 Å². The number of aliphatic hydroxyl groups is 1. The van der Waals surface area contributed by atoms with Crippen molar-refractivity contribution in [3.8, 4) is 5.75 Å². The average Bonchev–Trinajstić information content (AvgIpc) is 3.11. The van der Waals surface area contributed by atoms with Crippen molar-refractivity contribution >= 4 is 29.4 Å². The molecule has 9 heteroatoms. The number of carbonyl (C=O) groups is 3. The Morgan fingerprint density at radius 2 is 1.62 bits per heavy atom. The van der Waals surface area contributed by atoms with Crippen LogP contribution in [0.4, 0.5) is 0 Å². The van der Waals surface area contributed by atoms with Crippen LogP contribution in [0.25, 0.3) is 0 Å². The van der Waals surface area contributed by atoms with Crippen LogP contribution < -0.4 is 10.1 Å². The summed E-state index contributed by atoms with van der Waals surface area (Å²) in [7, 11) is 1.60. The fourth-order valence-electron chi connectivity index (χ4n) is 6.95. The predicted molar refractivity (Wildman–Crippen MR) is 183 cm³/mol. The molecule has 1 saturated carbocycles. The summed E-state index contributed by atoms with van der Waals surface area (Å²) < 4.78 is 10.8. The molecule has 4 atom stereocenters. The highest BCUT2D eigenvalue weighted by atomic mass is 35.5. The lowest BCUT2D eigenvalue weighted by molar-refractivity contribution is -0.125. The van der Waals surface area contributed by atoms with Gasteiger partial charge in [-0.25, -0.2) is 4.79 Å². The van der Waals surface area contributed by atoms with Crippen LogP contribution in [0, 0.1) is 0 Å². The standard InChI is InChI=1S/C39H39ClN2O6/c1-47-29-20-14-25(15-21-29)24-48-39(46)30-9-3-2-8-26(30)22-23-41-37(44)35-31-10-4-5-11-32(31)38(45)42(33-12-6-7-13-34(33)43)36(35)27-16-18-28(40)19-17-27/h2-5,8-11,14-21,33-36,43H,6-7,12-13,22-24H2,1H3,(H,41,44)/t33-,34-,35+,36-/m0/s1. The molecule has 6 rings (SSSR count). The zero-order valence-electron chi connectivity index (χ0n) is 26.8. The van der Waals surface area contributed by atoms with Gasteiger partial charge in [0.25, 0.3) is 5.91 Å². The first-order valence-corrected chi connectivity index (χ1v) is 16.7. The normalized spacial score (nSPS) is 20.5. The Hall–Kier alpha value is -4.66. The van der Waals surface area contributed by atoms with E-state index < -0.39 is 30.1 Å². The maximum Gasteiger partial charge on any atom is 0.338 e. The molecule has 8 nitrogen and oxygen atoms in total. The highest BCUT2D eigenvalue weighted by Gasteiger charge is 2.48. The van der Waals surface area contributed by atoms with Gasteiger partial charge in [0.1, 0.15) is 12.4 Å². The molecule has 1 heterocycles. The molecule has 48 heavy (non-hydrogen) atoms.